The molecule has 4 amide bonds. The first-order chi connectivity index (χ1) is 15.6. The molecule has 4 atom stereocenters. The summed E-state index contributed by atoms with van der Waals surface area (Å²) in [6.45, 7) is 0.734. The zero-order valence-corrected chi connectivity index (χ0v) is 19.8. The molecule has 1 saturated heterocycles. The molecule has 0 saturated carbocycles. The Kier molecular flexibility index (Phi) is 12.8. The van der Waals surface area contributed by atoms with E-state index >= 15 is 0 Å². The van der Waals surface area contributed by atoms with E-state index in [1.54, 1.807) is 0 Å². The van der Waals surface area contributed by atoms with Crippen LogP contribution in [0.3, 0.4) is 0 Å². The molecule has 1 heterocycles. The number of carbonyl (C=O) groups is 5. The van der Waals surface area contributed by atoms with Gasteiger partial charge in [-0.25, -0.2) is 4.79 Å². The fourth-order valence-electron chi connectivity index (χ4n) is 3.60. The van der Waals surface area contributed by atoms with Gasteiger partial charge in [-0.2, -0.15) is 11.8 Å². The Morgan fingerprint density at radius 2 is 1.82 bits per heavy atom. The first kappa shape index (κ1) is 28.7. The average molecular weight is 489 g/mol. The van der Waals surface area contributed by atoms with Crippen molar-refractivity contribution < 1.29 is 29.1 Å². The predicted octanol–water partition coefficient (Wildman–Crippen LogP) is -1.88. The lowest BCUT2D eigenvalue weighted by atomic mass is 10.1. The van der Waals surface area contributed by atoms with Crippen molar-refractivity contribution in [3.8, 4) is 0 Å². The SMILES string of the molecule is CSCCC(NC(=O)C(N)CC(N)=O)C(=O)N1CCCC1C(=O)NC(CCCCN)C(=O)O. The zero-order valence-electron chi connectivity index (χ0n) is 19.0. The van der Waals surface area contributed by atoms with Crippen LogP contribution in [0.4, 0.5) is 0 Å². The fourth-order valence-corrected chi connectivity index (χ4v) is 4.07. The second-order valence-corrected chi connectivity index (χ2v) is 8.98. The highest BCUT2D eigenvalue weighted by molar-refractivity contribution is 7.98. The standard InChI is InChI=1S/C20H36N6O6S/c1-33-10-7-13(24-17(28)12(22)11-16(23)27)19(30)26-9-4-6-15(26)18(29)25-14(20(31)32)5-2-3-8-21/h12-15H,2-11,21-22H2,1H3,(H2,23,27)(H,24,28)(H,25,29)(H,31,32). The van der Waals surface area contributed by atoms with Gasteiger partial charge >= 0.3 is 5.97 Å². The highest BCUT2D eigenvalue weighted by Crippen LogP contribution is 2.20. The summed E-state index contributed by atoms with van der Waals surface area (Å²) in [7, 11) is 0. The maximum Gasteiger partial charge on any atom is 0.326 e. The topological polar surface area (TPSA) is 211 Å². The molecule has 12 nitrogen and oxygen atoms in total. The van der Waals surface area contributed by atoms with E-state index in [-0.39, 0.29) is 12.8 Å². The molecule has 13 heteroatoms. The minimum Gasteiger partial charge on any atom is -0.480 e. The summed E-state index contributed by atoms with van der Waals surface area (Å²) in [5.41, 5.74) is 16.2. The van der Waals surface area contributed by atoms with Gasteiger partial charge in [-0.05, 0) is 57.1 Å². The number of aliphatic carboxylic acids is 1. The molecule has 0 aromatic carbocycles. The Bertz CT molecular complexity index is 709. The lowest BCUT2D eigenvalue weighted by Crippen LogP contribution is -2.57. The smallest absolute Gasteiger partial charge is 0.326 e. The van der Waals surface area contributed by atoms with E-state index in [1.165, 1.54) is 16.7 Å². The average Bonchev–Trinajstić information content (AvgIpc) is 3.24. The van der Waals surface area contributed by atoms with Crippen LogP contribution < -0.4 is 27.8 Å². The Hall–Kier alpha value is -2.38. The van der Waals surface area contributed by atoms with Gasteiger partial charge in [0, 0.05) is 6.54 Å². The minimum atomic E-state index is -1.19. The van der Waals surface area contributed by atoms with Gasteiger partial charge in [0.05, 0.1) is 12.5 Å². The number of amides is 4. The van der Waals surface area contributed by atoms with Gasteiger partial charge in [-0.3, -0.25) is 19.2 Å². The maximum absolute atomic E-state index is 13.2. The van der Waals surface area contributed by atoms with Crippen molar-refractivity contribution in [3.05, 3.63) is 0 Å². The highest BCUT2D eigenvalue weighted by Gasteiger charge is 2.39. The van der Waals surface area contributed by atoms with E-state index in [9.17, 15) is 29.1 Å². The second-order valence-electron chi connectivity index (χ2n) is 7.99. The summed E-state index contributed by atoms with van der Waals surface area (Å²) in [5, 5.41) is 14.5. The number of nitrogens with one attached hydrogen (secondary N) is 2. The maximum atomic E-state index is 13.2. The molecule has 1 fully saturated rings. The lowest BCUT2D eigenvalue weighted by Gasteiger charge is -2.30. The number of hydrogen-bond donors (Lipinski definition) is 6. The third-order valence-electron chi connectivity index (χ3n) is 5.38. The summed E-state index contributed by atoms with van der Waals surface area (Å²) in [6.07, 6.45) is 4.18. The van der Waals surface area contributed by atoms with Gasteiger partial charge in [0.1, 0.15) is 18.1 Å². The number of rotatable bonds is 15. The monoisotopic (exact) mass is 488 g/mol. The molecule has 9 N–H and O–H groups in total. The number of carboxylic acid groups (broad SMARTS) is 1. The van der Waals surface area contributed by atoms with Crippen LogP contribution in [0.1, 0.15) is 44.9 Å². The highest BCUT2D eigenvalue weighted by atomic mass is 32.2. The van der Waals surface area contributed by atoms with Crippen molar-refractivity contribution in [1.82, 2.24) is 15.5 Å². The normalized spacial score (nSPS) is 18.3. The van der Waals surface area contributed by atoms with E-state index in [0.717, 1.165) is 0 Å². The number of nitrogens with zero attached hydrogens (tertiary/aromatic N) is 1. The first-order valence-corrected chi connectivity index (χ1v) is 12.4. The quantitative estimate of drug-likeness (QED) is 0.142. The number of unbranched alkanes of at least 4 members (excludes halogenated alkanes) is 1. The largest absolute Gasteiger partial charge is 0.480 e. The molecule has 0 aromatic rings. The lowest BCUT2D eigenvalue weighted by molar-refractivity contribution is -0.145. The van der Waals surface area contributed by atoms with Gasteiger partial charge in [-0.1, -0.05) is 0 Å². The zero-order chi connectivity index (χ0) is 25.0. The number of hydrogen-bond acceptors (Lipinski definition) is 8. The summed E-state index contributed by atoms with van der Waals surface area (Å²) >= 11 is 1.48. The number of primary amides is 1. The molecule has 1 rings (SSSR count). The van der Waals surface area contributed by atoms with Crippen LogP contribution in [0.5, 0.6) is 0 Å². The number of carbonyl (C=O) groups excluding carboxylic acids is 4. The van der Waals surface area contributed by atoms with E-state index in [0.29, 0.717) is 50.9 Å². The third kappa shape index (κ3) is 9.56. The van der Waals surface area contributed by atoms with Gasteiger partial charge in [0.2, 0.25) is 23.6 Å². The second kappa shape index (κ2) is 14.7. The number of nitrogens with two attached hydrogens (primary N) is 3. The summed E-state index contributed by atoms with van der Waals surface area (Å²) in [6, 6.07) is -4.02. The number of thioether (sulfide) groups is 1. The molecule has 0 aliphatic carbocycles. The molecule has 0 radical (unpaired) electrons. The van der Waals surface area contributed by atoms with Crippen LogP contribution in [0.15, 0.2) is 0 Å². The van der Waals surface area contributed by atoms with Crippen LogP contribution in [-0.4, -0.2) is 88.9 Å². The minimum absolute atomic E-state index is 0.239. The molecule has 0 spiro atoms. The van der Waals surface area contributed by atoms with Gasteiger partial charge in [0.25, 0.3) is 0 Å². The van der Waals surface area contributed by atoms with Crippen LogP contribution >= 0.6 is 11.8 Å². The first-order valence-electron chi connectivity index (χ1n) is 11.0. The van der Waals surface area contributed by atoms with Crippen molar-refractivity contribution >= 4 is 41.4 Å². The molecule has 0 aromatic heterocycles. The van der Waals surface area contributed by atoms with Gasteiger partial charge in [0.15, 0.2) is 0 Å². The third-order valence-corrected chi connectivity index (χ3v) is 6.03. The van der Waals surface area contributed by atoms with E-state index < -0.39 is 53.8 Å². The molecule has 1 aliphatic rings. The molecule has 33 heavy (non-hydrogen) atoms. The molecule has 0 bridgehead atoms. The van der Waals surface area contributed by atoms with E-state index in [1.807, 2.05) is 6.26 Å². The van der Waals surface area contributed by atoms with Crippen molar-refractivity contribution in [3.63, 3.8) is 0 Å². The van der Waals surface area contributed by atoms with Crippen molar-refractivity contribution in [1.29, 1.82) is 0 Å². The van der Waals surface area contributed by atoms with Crippen LogP contribution in [0.25, 0.3) is 0 Å². The Balaban J connectivity index is 2.89. The van der Waals surface area contributed by atoms with Crippen LogP contribution in [0.2, 0.25) is 0 Å². The number of carboxylic acids is 1. The Labute approximate surface area is 197 Å². The predicted molar refractivity (Wildman–Crippen MR) is 124 cm³/mol. The van der Waals surface area contributed by atoms with Crippen molar-refractivity contribution in [2.45, 2.75) is 69.1 Å². The molecule has 1 aliphatic heterocycles. The molecular weight excluding hydrogens is 452 g/mol. The molecule has 188 valence electrons. The molecular formula is C20H36N6O6S. The Morgan fingerprint density at radius 3 is 2.39 bits per heavy atom. The fraction of sp³-hybridized carbons (Fsp3) is 0.750. The van der Waals surface area contributed by atoms with Crippen LogP contribution in [-0.2, 0) is 24.0 Å². The van der Waals surface area contributed by atoms with Crippen molar-refractivity contribution in [2.24, 2.45) is 17.2 Å². The number of likely N-dealkylation sites (tertiary alicyclic amines) is 1. The Morgan fingerprint density at radius 1 is 1.12 bits per heavy atom. The summed E-state index contributed by atoms with van der Waals surface area (Å²) in [4.78, 5) is 62.4. The summed E-state index contributed by atoms with van der Waals surface area (Å²) < 4.78 is 0. The summed E-state index contributed by atoms with van der Waals surface area (Å²) in [5.74, 6) is -2.99. The molecule has 4 unspecified atom stereocenters. The van der Waals surface area contributed by atoms with E-state index in [2.05, 4.69) is 10.6 Å². The van der Waals surface area contributed by atoms with Crippen LogP contribution in [0, 0.1) is 0 Å². The van der Waals surface area contributed by atoms with E-state index in [4.69, 9.17) is 17.2 Å². The van der Waals surface area contributed by atoms with Gasteiger partial charge in [-0.15, -0.1) is 0 Å². The van der Waals surface area contributed by atoms with Crippen molar-refractivity contribution in [2.75, 3.05) is 25.1 Å². The van der Waals surface area contributed by atoms with Gasteiger partial charge < -0.3 is 37.8 Å².